The van der Waals surface area contributed by atoms with Gasteiger partial charge in [-0.25, -0.2) is 0 Å². The van der Waals surface area contributed by atoms with Gasteiger partial charge in [0, 0.05) is 0 Å². The van der Waals surface area contributed by atoms with Gasteiger partial charge in [0.15, 0.2) is 0 Å². The van der Waals surface area contributed by atoms with Crippen molar-refractivity contribution >= 4 is 23.7 Å². The third-order valence-corrected chi connectivity index (χ3v) is 3.25. The second-order valence-electron chi connectivity index (χ2n) is 4.78. The Bertz CT molecular complexity index is 461. The number of aromatic nitrogens is 2. The molecule has 0 spiro atoms. The fourth-order valence-electron chi connectivity index (χ4n) is 1.24. The first-order valence-electron chi connectivity index (χ1n) is 5.11. The van der Waals surface area contributed by atoms with Gasteiger partial charge in [-0.3, -0.25) is 0 Å². The van der Waals surface area contributed by atoms with E-state index in [2.05, 4.69) is 10.1 Å². The summed E-state index contributed by atoms with van der Waals surface area (Å²) in [5.74, 6) is 1.11. The van der Waals surface area contributed by atoms with E-state index in [1.165, 1.54) is 0 Å². The SMILES string of the molecule is CC(C)(C)[C@H](N)c1nc(-c2cccs2)no1.Cl. The maximum Gasteiger partial charge on any atom is 0.244 e. The minimum absolute atomic E-state index is 0. The molecule has 0 bridgehead atoms. The molecule has 0 saturated carbocycles. The molecule has 0 fully saturated rings. The van der Waals surface area contributed by atoms with Crippen molar-refractivity contribution in [1.29, 1.82) is 0 Å². The van der Waals surface area contributed by atoms with Gasteiger partial charge in [-0.2, -0.15) is 4.98 Å². The van der Waals surface area contributed by atoms with E-state index in [-0.39, 0.29) is 23.9 Å². The maximum absolute atomic E-state index is 6.05. The molecule has 0 aliphatic carbocycles. The molecule has 94 valence electrons. The van der Waals surface area contributed by atoms with Crippen molar-refractivity contribution < 1.29 is 4.52 Å². The monoisotopic (exact) mass is 273 g/mol. The van der Waals surface area contributed by atoms with Crippen molar-refractivity contribution in [2.24, 2.45) is 11.1 Å². The van der Waals surface area contributed by atoms with Gasteiger partial charge in [0.1, 0.15) is 0 Å². The number of nitrogens with two attached hydrogens (primary N) is 1. The molecular formula is C11H16ClN3OS. The van der Waals surface area contributed by atoms with E-state index < -0.39 is 0 Å². The van der Waals surface area contributed by atoms with Crippen LogP contribution in [-0.4, -0.2) is 10.1 Å². The largest absolute Gasteiger partial charge is 0.337 e. The zero-order chi connectivity index (χ0) is 11.8. The van der Waals surface area contributed by atoms with Gasteiger partial charge < -0.3 is 10.3 Å². The Balaban J connectivity index is 0.00000144. The van der Waals surface area contributed by atoms with Crippen LogP contribution in [0.15, 0.2) is 22.0 Å². The van der Waals surface area contributed by atoms with E-state index in [4.69, 9.17) is 10.3 Å². The highest BCUT2D eigenvalue weighted by atomic mass is 35.5. The zero-order valence-corrected chi connectivity index (χ0v) is 11.6. The molecule has 2 N–H and O–H groups in total. The first-order chi connectivity index (χ1) is 7.48. The van der Waals surface area contributed by atoms with Gasteiger partial charge in [-0.15, -0.1) is 23.7 Å². The smallest absolute Gasteiger partial charge is 0.244 e. The Hall–Kier alpha value is -0.910. The highest BCUT2D eigenvalue weighted by molar-refractivity contribution is 7.13. The van der Waals surface area contributed by atoms with E-state index in [1.54, 1.807) is 11.3 Å². The summed E-state index contributed by atoms with van der Waals surface area (Å²) >= 11 is 1.58. The van der Waals surface area contributed by atoms with Crippen molar-refractivity contribution in [3.63, 3.8) is 0 Å². The fourth-order valence-corrected chi connectivity index (χ4v) is 1.89. The molecule has 0 amide bonds. The highest BCUT2D eigenvalue weighted by Crippen LogP contribution is 2.31. The molecule has 2 rings (SSSR count). The fraction of sp³-hybridized carbons (Fsp3) is 0.455. The molecule has 17 heavy (non-hydrogen) atoms. The first kappa shape index (κ1) is 14.2. The lowest BCUT2D eigenvalue weighted by Gasteiger charge is -2.23. The van der Waals surface area contributed by atoms with E-state index in [1.807, 2.05) is 38.3 Å². The lowest BCUT2D eigenvalue weighted by molar-refractivity contribution is 0.253. The van der Waals surface area contributed by atoms with Crippen LogP contribution >= 0.6 is 23.7 Å². The Morgan fingerprint density at radius 2 is 2.12 bits per heavy atom. The zero-order valence-electron chi connectivity index (χ0n) is 10.0. The Morgan fingerprint density at radius 1 is 1.41 bits per heavy atom. The first-order valence-corrected chi connectivity index (χ1v) is 5.99. The summed E-state index contributed by atoms with van der Waals surface area (Å²) in [5.41, 5.74) is 5.96. The average Bonchev–Trinajstić information content (AvgIpc) is 2.85. The van der Waals surface area contributed by atoms with Crippen LogP contribution in [0.5, 0.6) is 0 Å². The molecule has 0 unspecified atom stereocenters. The van der Waals surface area contributed by atoms with Crippen molar-refractivity contribution in [2.45, 2.75) is 26.8 Å². The van der Waals surface area contributed by atoms with Gasteiger partial charge in [0.2, 0.25) is 11.7 Å². The van der Waals surface area contributed by atoms with Gasteiger partial charge >= 0.3 is 0 Å². The van der Waals surface area contributed by atoms with Gasteiger partial charge in [-0.1, -0.05) is 32.0 Å². The molecule has 0 radical (unpaired) electrons. The number of nitrogens with zero attached hydrogens (tertiary/aromatic N) is 2. The third kappa shape index (κ3) is 3.06. The number of halogens is 1. The van der Waals surface area contributed by atoms with Crippen LogP contribution in [0.3, 0.4) is 0 Å². The van der Waals surface area contributed by atoms with Gasteiger partial charge in [0.25, 0.3) is 0 Å². The molecule has 2 aromatic rings. The molecule has 0 aliphatic heterocycles. The average molecular weight is 274 g/mol. The number of hydrogen-bond acceptors (Lipinski definition) is 5. The summed E-state index contributed by atoms with van der Waals surface area (Å²) in [4.78, 5) is 5.32. The Kier molecular flexibility index (Phi) is 4.30. The van der Waals surface area contributed by atoms with Crippen molar-refractivity contribution in [3.05, 3.63) is 23.4 Å². The van der Waals surface area contributed by atoms with Crippen LogP contribution in [0.25, 0.3) is 10.7 Å². The van der Waals surface area contributed by atoms with Crippen molar-refractivity contribution in [3.8, 4) is 10.7 Å². The van der Waals surface area contributed by atoms with E-state index in [0.29, 0.717) is 11.7 Å². The molecule has 0 aliphatic rings. The number of thiophene rings is 1. The predicted molar refractivity (Wildman–Crippen MR) is 71.2 cm³/mol. The van der Waals surface area contributed by atoms with Gasteiger partial charge in [0.05, 0.1) is 10.9 Å². The Labute approximate surface area is 111 Å². The summed E-state index contributed by atoms with van der Waals surface area (Å²) in [6.07, 6.45) is 0. The topological polar surface area (TPSA) is 64.9 Å². The van der Waals surface area contributed by atoms with Crippen molar-refractivity contribution in [2.75, 3.05) is 0 Å². The third-order valence-electron chi connectivity index (χ3n) is 2.38. The minimum Gasteiger partial charge on any atom is -0.337 e. The van der Waals surface area contributed by atoms with Gasteiger partial charge in [-0.05, 0) is 16.9 Å². The highest BCUT2D eigenvalue weighted by Gasteiger charge is 2.27. The lowest BCUT2D eigenvalue weighted by atomic mass is 9.87. The van der Waals surface area contributed by atoms with Crippen LogP contribution in [-0.2, 0) is 0 Å². The van der Waals surface area contributed by atoms with E-state index in [0.717, 1.165) is 4.88 Å². The van der Waals surface area contributed by atoms with Crippen LogP contribution in [0.2, 0.25) is 0 Å². The normalized spacial score (nSPS) is 13.2. The number of hydrogen-bond donors (Lipinski definition) is 1. The molecular weight excluding hydrogens is 258 g/mol. The minimum atomic E-state index is -0.242. The van der Waals surface area contributed by atoms with Crippen LogP contribution in [0.4, 0.5) is 0 Å². The van der Waals surface area contributed by atoms with E-state index >= 15 is 0 Å². The summed E-state index contributed by atoms with van der Waals surface area (Å²) < 4.78 is 5.20. The van der Waals surface area contributed by atoms with Crippen LogP contribution in [0.1, 0.15) is 32.7 Å². The second-order valence-corrected chi connectivity index (χ2v) is 5.72. The second kappa shape index (κ2) is 5.16. The van der Waals surface area contributed by atoms with E-state index in [9.17, 15) is 0 Å². The van der Waals surface area contributed by atoms with Crippen molar-refractivity contribution in [1.82, 2.24) is 10.1 Å². The quantitative estimate of drug-likeness (QED) is 0.912. The lowest BCUT2D eigenvalue weighted by Crippen LogP contribution is -2.26. The molecule has 6 heteroatoms. The molecule has 2 aromatic heterocycles. The molecule has 2 heterocycles. The summed E-state index contributed by atoms with van der Waals surface area (Å²) in [5, 5.41) is 5.92. The molecule has 4 nitrogen and oxygen atoms in total. The summed E-state index contributed by atoms with van der Waals surface area (Å²) in [6, 6.07) is 3.68. The Morgan fingerprint density at radius 3 is 2.65 bits per heavy atom. The van der Waals surface area contributed by atoms with Crippen LogP contribution in [0, 0.1) is 5.41 Å². The van der Waals surface area contributed by atoms with Crippen LogP contribution < -0.4 is 5.73 Å². The molecule has 1 atom stereocenters. The number of rotatable bonds is 2. The summed E-state index contributed by atoms with van der Waals surface area (Å²) in [6.45, 7) is 6.14. The molecule has 0 saturated heterocycles. The molecule has 0 aromatic carbocycles. The maximum atomic E-state index is 6.05. The standard InChI is InChI=1S/C11H15N3OS.ClH/c1-11(2,3)8(12)10-13-9(14-15-10)7-5-4-6-16-7;/h4-6,8H,12H2,1-3H3;1H/t8-;/m1./s1. The predicted octanol–water partition coefficient (Wildman–Crippen LogP) is 3.27. The summed E-state index contributed by atoms with van der Waals surface area (Å²) in [7, 11) is 0.